The predicted octanol–water partition coefficient (Wildman–Crippen LogP) is 3.69. The summed E-state index contributed by atoms with van der Waals surface area (Å²) in [5, 5.41) is 3.25. The monoisotopic (exact) mass is 175 g/mol. The van der Waals surface area contributed by atoms with Gasteiger partial charge in [0.05, 0.1) is 0 Å². The highest BCUT2D eigenvalue weighted by Crippen LogP contribution is 1.84. The summed E-state index contributed by atoms with van der Waals surface area (Å²) in [6.07, 6.45) is 1.25. The molecule has 0 heterocycles. The molecule has 0 fully saturated rings. The van der Waals surface area contributed by atoms with E-state index in [0.29, 0.717) is 0 Å². The maximum atomic E-state index is 3.25. The van der Waals surface area contributed by atoms with E-state index in [1.165, 1.54) is 6.42 Å². The first-order chi connectivity index (χ1) is 5.68. The van der Waals surface area contributed by atoms with Crippen molar-refractivity contribution in [3.63, 3.8) is 0 Å². The van der Waals surface area contributed by atoms with Gasteiger partial charge in [0.25, 0.3) is 0 Å². The maximum Gasteiger partial charge on any atom is -0.00259 e. The second-order valence-electron chi connectivity index (χ2n) is 2.91. The van der Waals surface area contributed by atoms with E-state index < -0.39 is 0 Å². The van der Waals surface area contributed by atoms with Gasteiger partial charge >= 0.3 is 0 Å². The van der Waals surface area contributed by atoms with Crippen LogP contribution in [0, 0.1) is 5.92 Å². The van der Waals surface area contributed by atoms with Crippen LogP contribution in [0.5, 0.6) is 0 Å². The zero-order chi connectivity index (χ0) is 10.4. The van der Waals surface area contributed by atoms with E-state index in [-0.39, 0.29) is 0 Å². The Morgan fingerprint density at radius 1 is 1.00 bits per heavy atom. The summed E-state index contributed by atoms with van der Waals surface area (Å²) in [7, 11) is 0. The van der Waals surface area contributed by atoms with Gasteiger partial charge in [0.15, 0.2) is 0 Å². The lowest BCUT2D eigenvalue weighted by atomic mass is 10.2. The fraction of sp³-hybridized carbons (Fsp3) is 1.00. The molecule has 1 N–H and O–H groups in total. The van der Waals surface area contributed by atoms with E-state index in [9.17, 15) is 0 Å². The zero-order valence-electron chi connectivity index (χ0n) is 10.2. The standard InChI is InChI=1S/C6H15N.C3H8.C2H6/c1-4-7-5-6(2)3;1-3-2;1-2/h6-7H,4-5H2,1-3H3;3H2,1-2H3;1-2H3. The van der Waals surface area contributed by atoms with E-state index in [4.69, 9.17) is 0 Å². The molecular weight excluding hydrogens is 146 g/mol. The number of hydrogen-bond acceptors (Lipinski definition) is 1. The first-order valence-electron chi connectivity index (χ1n) is 5.39. The van der Waals surface area contributed by atoms with Crippen LogP contribution in [0.3, 0.4) is 0 Å². The summed E-state index contributed by atoms with van der Waals surface area (Å²) in [5.74, 6) is 0.792. The molecule has 0 atom stereocenters. The highest BCUT2D eigenvalue weighted by molar-refractivity contribution is 4.46. The van der Waals surface area contributed by atoms with Gasteiger partial charge in [-0.1, -0.05) is 54.9 Å². The Bertz CT molecular complexity index is 42.3. The van der Waals surface area contributed by atoms with E-state index in [2.05, 4.69) is 39.9 Å². The van der Waals surface area contributed by atoms with Crippen LogP contribution in [0.15, 0.2) is 0 Å². The lowest BCUT2D eigenvalue weighted by Crippen LogP contribution is -2.18. The minimum atomic E-state index is 0.792. The topological polar surface area (TPSA) is 12.0 Å². The Labute approximate surface area is 80.0 Å². The third-order valence-electron chi connectivity index (χ3n) is 0.803. The second-order valence-corrected chi connectivity index (χ2v) is 2.91. The highest BCUT2D eigenvalue weighted by atomic mass is 14.8. The fourth-order valence-electron chi connectivity index (χ4n) is 0.433. The number of hydrogen-bond donors (Lipinski definition) is 1. The Morgan fingerprint density at radius 3 is 1.42 bits per heavy atom. The minimum absolute atomic E-state index is 0.792. The molecule has 0 saturated carbocycles. The fourth-order valence-corrected chi connectivity index (χ4v) is 0.433. The highest BCUT2D eigenvalue weighted by Gasteiger charge is 1.86. The van der Waals surface area contributed by atoms with Crippen LogP contribution in [0.1, 0.15) is 54.9 Å². The lowest BCUT2D eigenvalue weighted by molar-refractivity contribution is 0.566. The molecule has 0 rings (SSSR count). The Morgan fingerprint density at radius 2 is 1.33 bits per heavy atom. The van der Waals surface area contributed by atoms with Crippen LogP contribution in [-0.2, 0) is 0 Å². The van der Waals surface area contributed by atoms with E-state index in [1.807, 2.05) is 13.8 Å². The number of rotatable bonds is 3. The van der Waals surface area contributed by atoms with Gasteiger partial charge in [-0.3, -0.25) is 0 Å². The van der Waals surface area contributed by atoms with Crippen molar-refractivity contribution in [3.8, 4) is 0 Å². The Balaban J connectivity index is -0.000000137. The van der Waals surface area contributed by atoms with Gasteiger partial charge in [0, 0.05) is 0 Å². The van der Waals surface area contributed by atoms with Crippen molar-refractivity contribution in [3.05, 3.63) is 0 Å². The summed E-state index contributed by atoms with van der Waals surface area (Å²) in [4.78, 5) is 0. The summed E-state index contributed by atoms with van der Waals surface area (Å²) in [6, 6.07) is 0. The molecule has 0 aromatic heterocycles. The molecule has 0 aliphatic heterocycles. The summed E-state index contributed by atoms with van der Waals surface area (Å²) >= 11 is 0. The first-order valence-corrected chi connectivity index (χ1v) is 5.39. The molecule has 0 aliphatic carbocycles. The normalized spacial score (nSPS) is 8.00. The quantitative estimate of drug-likeness (QED) is 0.690. The summed E-state index contributed by atoms with van der Waals surface area (Å²) in [6.45, 7) is 17.0. The van der Waals surface area contributed by atoms with Crippen LogP contribution in [0.4, 0.5) is 0 Å². The van der Waals surface area contributed by atoms with Crippen molar-refractivity contribution in [2.24, 2.45) is 5.92 Å². The molecule has 0 radical (unpaired) electrons. The third kappa shape index (κ3) is 51.0. The average Bonchev–Trinajstić information content (AvgIpc) is 2.06. The van der Waals surface area contributed by atoms with Crippen molar-refractivity contribution in [1.82, 2.24) is 5.32 Å². The van der Waals surface area contributed by atoms with Gasteiger partial charge in [0.1, 0.15) is 0 Å². The lowest BCUT2D eigenvalue weighted by Gasteiger charge is -2.01. The maximum absolute atomic E-state index is 3.25. The van der Waals surface area contributed by atoms with E-state index >= 15 is 0 Å². The van der Waals surface area contributed by atoms with Crippen molar-refractivity contribution in [2.45, 2.75) is 54.9 Å². The van der Waals surface area contributed by atoms with Crippen molar-refractivity contribution in [2.75, 3.05) is 13.1 Å². The molecule has 0 aliphatic rings. The molecule has 78 valence electrons. The molecule has 0 amide bonds. The second kappa shape index (κ2) is 22.4. The van der Waals surface area contributed by atoms with Gasteiger partial charge in [-0.15, -0.1) is 0 Å². The van der Waals surface area contributed by atoms with Gasteiger partial charge in [-0.2, -0.15) is 0 Å². The average molecular weight is 175 g/mol. The molecule has 0 aromatic rings. The van der Waals surface area contributed by atoms with Crippen LogP contribution in [0.2, 0.25) is 0 Å². The predicted molar refractivity (Wildman–Crippen MR) is 60.7 cm³/mol. The molecule has 0 bridgehead atoms. The molecule has 12 heavy (non-hydrogen) atoms. The van der Waals surface area contributed by atoms with Gasteiger partial charge in [-0.05, 0) is 19.0 Å². The molecular formula is C11H29N. The summed E-state index contributed by atoms with van der Waals surface area (Å²) < 4.78 is 0. The summed E-state index contributed by atoms with van der Waals surface area (Å²) in [5.41, 5.74) is 0. The van der Waals surface area contributed by atoms with Crippen molar-refractivity contribution >= 4 is 0 Å². The largest absolute Gasteiger partial charge is 0.317 e. The molecule has 0 unspecified atom stereocenters. The molecule has 1 nitrogen and oxygen atoms in total. The molecule has 0 saturated heterocycles. The number of nitrogens with one attached hydrogen (secondary N) is 1. The zero-order valence-corrected chi connectivity index (χ0v) is 10.2. The third-order valence-corrected chi connectivity index (χ3v) is 0.803. The molecule has 1 heteroatoms. The Hall–Kier alpha value is -0.0400. The van der Waals surface area contributed by atoms with Gasteiger partial charge in [0.2, 0.25) is 0 Å². The van der Waals surface area contributed by atoms with Gasteiger partial charge in [-0.25, -0.2) is 0 Å². The van der Waals surface area contributed by atoms with Crippen molar-refractivity contribution in [1.29, 1.82) is 0 Å². The molecule has 0 aromatic carbocycles. The first kappa shape index (κ1) is 17.9. The SMILES string of the molecule is CC.CCC.CCNCC(C)C. The molecule has 0 spiro atoms. The smallest absolute Gasteiger partial charge is 0.00259 e. The van der Waals surface area contributed by atoms with E-state index in [0.717, 1.165) is 19.0 Å². The minimum Gasteiger partial charge on any atom is -0.317 e. The van der Waals surface area contributed by atoms with Crippen LogP contribution >= 0.6 is 0 Å². The van der Waals surface area contributed by atoms with Gasteiger partial charge < -0.3 is 5.32 Å². The van der Waals surface area contributed by atoms with Crippen LogP contribution in [0.25, 0.3) is 0 Å². The van der Waals surface area contributed by atoms with Crippen LogP contribution < -0.4 is 5.32 Å². The van der Waals surface area contributed by atoms with Crippen LogP contribution in [-0.4, -0.2) is 13.1 Å². The van der Waals surface area contributed by atoms with Crippen molar-refractivity contribution < 1.29 is 0 Å². The Kier molecular flexibility index (Phi) is 33.5. The van der Waals surface area contributed by atoms with E-state index in [1.54, 1.807) is 0 Å².